The number of fused-ring (bicyclic) bond motifs is 1. The number of likely N-dealkylation sites (N-methyl/N-ethyl adjacent to an activating group) is 1. The molecule has 0 radical (unpaired) electrons. The molecule has 2 atom stereocenters. The summed E-state index contributed by atoms with van der Waals surface area (Å²) in [6.07, 6.45) is -1.07. The predicted octanol–water partition coefficient (Wildman–Crippen LogP) is 4.46. The Morgan fingerprint density at radius 3 is 2.47 bits per heavy atom. The summed E-state index contributed by atoms with van der Waals surface area (Å²) in [5.74, 6) is -0.891. The van der Waals surface area contributed by atoms with Crippen molar-refractivity contribution in [2.24, 2.45) is 0 Å². The number of piperazine rings is 1. The van der Waals surface area contributed by atoms with E-state index in [0.717, 1.165) is 36.5 Å². The molecule has 1 aliphatic heterocycles. The van der Waals surface area contributed by atoms with Crippen molar-refractivity contribution < 1.29 is 22.4 Å². The second-order valence-electron chi connectivity index (χ2n) is 10.1. The van der Waals surface area contributed by atoms with Crippen molar-refractivity contribution >= 4 is 11.7 Å². The van der Waals surface area contributed by atoms with Crippen LogP contribution in [0.15, 0.2) is 24.5 Å². The Labute approximate surface area is 209 Å². The summed E-state index contributed by atoms with van der Waals surface area (Å²) >= 11 is 0. The van der Waals surface area contributed by atoms with Gasteiger partial charge in [0.2, 0.25) is 5.91 Å². The zero-order valence-corrected chi connectivity index (χ0v) is 21.1. The first-order valence-corrected chi connectivity index (χ1v) is 12.4. The van der Waals surface area contributed by atoms with Crippen molar-refractivity contribution in [2.75, 3.05) is 44.7 Å². The van der Waals surface area contributed by atoms with Crippen molar-refractivity contribution in [3.63, 3.8) is 0 Å². The van der Waals surface area contributed by atoms with Crippen LogP contribution < -0.4 is 4.90 Å². The highest BCUT2D eigenvalue weighted by Gasteiger charge is 2.36. The summed E-state index contributed by atoms with van der Waals surface area (Å²) in [5, 5.41) is 0. The van der Waals surface area contributed by atoms with Crippen LogP contribution in [0.1, 0.15) is 61.4 Å². The number of aryl methyl sites for hydroxylation is 1. The molecule has 4 rings (SSSR count). The number of rotatable bonds is 6. The quantitative estimate of drug-likeness (QED) is 0.541. The summed E-state index contributed by atoms with van der Waals surface area (Å²) < 4.78 is 54.2. The Morgan fingerprint density at radius 1 is 1.17 bits per heavy atom. The predicted molar refractivity (Wildman–Crippen MR) is 129 cm³/mol. The lowest BCUT2D eigenvalue weighted by Gasteiger charge is -2.38. The molecule has 2 heterocycles. The van der Waals surface area contributed by atoms with Gasteiger partial charge < -0.3 is 14.7 Å². The summed E-state index contributed by atoms with van der Waals surface area (Å²) in [4.78, 5) is 28.4. The first-order valence-electron chi connectivity index (χ1n) is 12.4. The van der Waals surface area contributed by atoms with E-state index in [1.807, 2.05) is 25.8 Å². The van der Waals surface area contributed by atoms with Crippen LogP contribution in [0.5, 0.6) is 0 Å². The number of aromatic nitrogens is 2. The lowest BCUT2D eigenvalue weighted by Crippen LogP contribution is -2.51. The Balaban J connectivity index is 1.54. The number of hydrogen-bond acceptors (Lipinski definition) is 5. The van der Waals surface area contributed by atoms with Crippen molar-refractivity contribution in [3.8, 4) is 0 Å². The molecule has 196 valence electrons. The number of nitrogens with zero attached hydrogens (tertiary/aromatic N) is 5. The third kappa shape index (κ3) is 5.33. The highest BCUT2D eigenvalue weighted by molar-refractivity contribution is 5.84. The molecule has 0 bridgehead atoms. The monoisotopic (exact) mass is 507 g/mol. The van der Waals surface area contributed by atoms with Crippen LogP contribution in [0.25, 0.3) is 0 Å². The van der Waals surface area contributed by atoms with Gasteiger partial charge in [0.15, 0.2) is 0 Å². The van der Waals surface area contributed by atoms with Crippen molar-refractivity contribution in [1.29, 1.82) is 0 Å². The first-order chi connectivity index (χ1) is 17.0. The van der Waals surface area contributed by atoms with E-state index in [4.69, 9.17) is 0 Å². The fourth-order valence-electron chi connectivity index (χ4n) is 5.03. The van der Waals surface area contributed by atoms with Gasteiger partial charge in [-0.05, 0) is 51.8 Å². The van der Waals surface area contributed by atoms with E-state index in [1.54, 1.807) is 11.2 Å². The Morgan fingerprint density at radius 2 is 1.86 bits per heavy atom. The van der Waals surface area contributed by atoms with Gasteiger partial charge in [-0.3, -0.25) is 4.79 Å². The number of amides is 1. The van der Waals surface area contributed by atoms with Gasteiger partial charge in [0, 0.05) is 55.6 Å². The van der Waals surface area contributed by atoms with Gasteiger partial charge in [0.05, 0.1) is 11.5 Å². The number of alkyl halides is 3. The molecular weight excluding hydrogens is 474 g/mol. The molecule has 1 aromatic carbocycles. The average Bonchev–Trinajstić information content (AvgIpc) is 3.22. The molecule has 2 aliphatic rings. The third-order valence-corrected chi connectivity index (χ3v) is 7.50. The van der Waals surface area contributed by atoms with Crippen LogP contribution in [0.3, 0.4) is 0 Å². The molecule has 1 aromatic heterocycles. The minimum atomic E-state index is -4.65. The Kier molecular flexibility index (Phi) is 7.54. The van der Waals surface area contributed by atoms with E-state index in [9.17, 15) is 22.4 Å². The smallest absolute Gasteiger partial charge is 0.353 e. The standard InChI is InChI=1S/C26H33F4N5O/c1-16(2)33(4)14-20(19-7-6-18(13-21(19)27)26(28,29)30)25(36)35-11-9-34(10-12-35)24-23-17(3)5-8-22(23)31-15-32-24/h6-7,13,15-17,20H,5,8-12,14H2,1-4H3/t17?,20-/m1/s1. The summed E-state index contributed by atoms with van der Waals surface area (Å²) in [7, 11) is 1.82. The van der Waals surface area contributed by atoms with Gasteiger partial charge >= 0.3 is 6.18 Å². The van der Waals surface area contributed by atoms with E-state index in [-0.39, 0.29) is 24.1 Å². The highest BCUT2D eigenvalue weighted by Crippen LogP contribution is 2.37. The molecule has 10 heteroatoms. The minimum absolute atomic E-state index is 0.00891. The van der Waals surface area contributed by atoms with Crippen molar-refractivity contribution in [3.05, 3.63) is 52.7 Å². The molecule has 0 spiro atoms. The fraction of sp³-hybridized carbons (Fsp3) is 0.577. The average molecular weight is 508 g/mol. The first kappa shape index (κ1) is 26.3. The van der Waals surface area contributed by atoms with Gasteiger partial charge in [0.25, 0.3) is 0 Å². The molecule has 1 amide bonds. The van der Waals surface area contributed by atoms with Crippen LogP contribution in [0.2, 0.25) is 0 Å². The van der Waals surface area contributed by atoms with Crippen LogP contribution in [0, 0.1) is 5.82 Å². The molecule has 1 aliphatic carbocycles. The topological polar surface area (TPSA) is 52.6 Å². The van der Waals surface area contributed by atoms with Gasteiger partial charge in [-0.1, -0.05) is 13.0 Å². The number of carbonyl (C=O) groups excluding carboxylic acids is 1. The second-order valence-corrected chi connectivity index (χ2v) is 10.1. The van der Waals surface area contributed by atoms with E-state index >= 15 is 0 Å². The molecule has 2 aromatic rings. The summed E-state index contributed by atoms with van der Waals surface area (Å²) in [6, 6.07) is 2.52. The Bertz CT molecular complexity index is 1100. The van der Waals surface area contributed by atoms with E-state index in [0.29, 0.717) is 38.2 Å². The minimum Gasteiger partial charge on any atom is -0.353 e. The van der Waals surface area contributed by atoms with Crippen molar-refractivity contribution in [2.45, 2.75) is 57.7 Å². The van der Waals surface area contributed by atoms with Crippen molar-refractivity contribution in [1.82, 2.24) is 19.8 Å². The van der Waals surface area contributed by atoms with Gasteiger partial charge in [0.1, 0.15) is 18.0 Å². The number of hydrogen-bond donors (Lipinski definition) is 0. The summed E-state index contributed by atoms with van der Waals surface area (Å²) in [5.41, 5.74) is 1.19. The zero-order valence-electron chi connectivity index (χ0n) is 21.1. The zero-order chi connectivity index (χ0) is 26.2. The molecule has 6 nitrogen and oxygen atoms in total. The van der Waals surface area contributed by atoms with Crippen LogP contribution >= 0.6 is 0 Å². The molecule has 1 saturated heterocycles. The Hall–Kier alpha value is -2.75. The molecule has 1 fully saturated rings. The fourth-order valence-corrected chi connectivity index (χ4v) is 5.03. The molecule has 1 unspecified atom stereocenters. The van der Waals surface area contributed by atoms with E-state index in [1.165, 1.54) is 5.56 Å². The SMILES string of the molecule is CC1CCc2ncnc(N3CCN(C(=O)[C@H](CN(C)C(C)C)c4ccc(C(F)(F)F)cc4F)CC3)c21. The van der Waals surface area contributed by atoms with Gasteiger partial charge in [-0.25, -0.2) is 14.4 Å². The maximum absolute atomic E-state index is 14.9. The molecule has 0 saturated carbocycles. The van der Waals surface area contributed by atoms with E-state index in [2.05, 4.69) is 21.8 Å². The normalized spacial score (nSPS) is 19.2. The number of benzene rings is 1. The molecule has 36 heavy (non-hydrogen) atoms. The maximum atomic E-state index is 14.9. The number of anilines is 1. The third-order valence-electron chi connectivity index (χ3n) is 7.50. The van der Waals surface area contributed by atoms with Gasteiger partial charge in [-0.15, -0.1) is 0 Å². The second kappa shape index (κ2) is 10.3. The summed E-state index contributed by atoms with van der Waals surface area (Å²) in [6.45, 7) is 8.28. The van der Waals surface area contributed by atoms with Crippen LogP contribution in [-0.2, 0) is 17.4 Å². The number of halogens is 4. The highest BCUT2D eigenvalue weighted by atomic mass is 19.4. The van der Waals surface area contributed by atoms with Crippen LogP contribution in [-0.4, -0.2) is 71.5 Å². The maximum Gasteiger partial charge on any atom is 0.416 e. The molecular formula is C26H33F4N5O. The lowest BCUT2D eigenvalue weighted by atomic mass is 9.94. The number of carbonyl (C=O) groups is 1. The van der Waals surface area contributed by atoms with Gasteiger partial charge in [-0.2, -0.15) is 13.2 Å². The van der Waals surface area contributed by atoms with E-state index < -0.39 is 23.5 Å². The lowest BCUT2D eigenvalue weighted by molar-refractivity contribution is -0.137. The largest absolute Gasteiger partial charge is 0.416 e. The van der Waals surface area contributed by atoms with Crippen LogP contribution in [0.4, 0.5) is 23.4 Å². The molecule has 0 N–H and O–H groups in total.